The first kappa shape index (κ1) is 27.2. The average molecular weight is 533 g/mol. The molecule has 39 heavy (non-hydrogen) atoms. The predicted octanol–water partition coefficient (Wildman–Crippen LogP) is 1.65. The van der Waals surface area contributed by atoms with Crippen LogP contribution >= 0.6 is 0 Å². The van der Waals surface area contributed by atoms with Gasteiger partial charge in [-0.05, 0) is 36.2 Å². The molecule has 3 aromatic rings. The van der Waals surface area contributed by atoms with Crippen LogP contribution in [0.2, 0.25) is 0 Å². The third kappa shape index (κ3) is 6.56. The van der Waals surface area contributed by atoms with Crippen molar-refractivity contribution in [3.8, 4) is 5.75 Å². The van der Waals surface area contributed by atoms with E-state index in [9.17, 15) is 19.2 Å². The van der Waals surface area contributed by atoms with Crippen LogP contribution in [-0.4, -0.2) is 65.0 Å². The number of aromatic nitrogens is 1. The molecular weight excluding hydrogens is 500 g/mol. The van der Waals surface area contributed by atoms with Gasteiger partial charge in [0.2, 0.25) is 11.8 Å². The van der Waals surface area contributed by atoms with Crippen LogP contribution in [0.4, 0.5) is 10.5 Å². The molecule has 2 heterocycles. The molecule has 1 saturated heterocycles. The monoisotopic (exact) mass is 532 g/mol. The molecule has 0 aliphatic carbocycles. The Bertz CT molecular complexity index is 1340. The van der Waals surface area contributed by atoms with Gasteiger partial charge in [-0.3, -0.25) is 14.4 Å². The molecular formula is C28H32N6O5. The van der Waals surface area contributed by atoms with E-state index in [1.54, 1.807) is 54.2 Å². The molecule has 1 aliphatic heterocycles. The highest BCUT2D eigenvalue weighted by molar-refractivity contribution is 5.99. The van der Waals surface area contributed by atoms with Gasteiger partial charge in [-0.1, -0.05) is 36.4 Å². The summed E-state index contributed by atoms with van der Waals surface area (Å²) < 4.78 is 6.86. The Morgan fingerprint density at radius 1 is 1.05 bits per heavy atom. The number of rotatable bonds is 9. The number of anilines is 1. The van der Waals surface area contributed by atoms with Crippen molar-refractivity contribution in [3.63, 3.8) is 0 Å². The molecule has 1 aromatic heterocycles. The number of likely N-dealkylation sites (tertiary alicyclic amines) is 1. The zero-order chi connectivity index (χ0) is 27.9. The van der Waals surface area contributed by atoms with Crippen molar-refractivity contribution in [3.05, 3.63) is 84.2 Å². The van der Waals surface area contributed by atoms with E-state index >= 15 is 0 Å². The first-order valence-corrected chi connectivity index (χ1v) is 12.5. The fourth-order valence-electron chi connectivity index (χ4n) is 4.69. The van der Waals surface area contributed by atoms with Crippen molar-refractivity contribution in [2.75, 3.05) is 19.0 Å². The molecule has 0 radical (unpaired) electrons. The standard InChI is InChI=1S/C28H32N6O5/c1-33-14-7-12-23(33)27(37)34-15-13-21(32-28(38)30-19-10-6-11-20(17-19)39-2)24(34)26(36)31-22(25(29)35)16-18-8-4-3-5-9-18/h3-12,14,17,21-22,24H,13,15-16H2,1-2H3,(H2,29,35)(H,31,36)(H2,30,32,38). The normalized spacial score (nSPS) is 17.2. The van der Waals surface area contributed by atoms with E-state index < -0.39 is 36.0 Å². The average Bonchev–Trinajstić information content (AvgIpc) is 3.54. The van der Waals surface area contributed by atoms with E-state index in [0.717, 1.165) is 5.56 Å². The number of ether oxygens (including phenoxy) is 1. The molecule has 5 amide bonds. The van der Waals surface area contributed by atoms with E-state index in [1.807, 2.05) is 30.3 Å². The van der Waals surface area contributed by atoms with Gasteiger partial charge in [0.1, 0.15) is 23.5 Å². The Hall–Kier alpha value is -4.80. The molecule has 4 rings (SSSR count). The largest absolute Gasteiger partial charge is 0.497 e. The summed E-state index contributed by atoms with van der Waals surface area (Å²) in [4.78, 5) is 53.6. The number of benzene rings is 2. The number of hydrogen-bond acceptors (Lipinski definition) is 5. The highest BCUT2D eigenvalue weighted by Crippen LogP contribution is 2.23. The van der Waals surface area contributed by atoms with Crippen LogP contribution in [0.1, 0.15) is 22.5 Å². The number of carbonyl (C=O) groups is 4. The van der Waals surface area contributed by atoms with Crippen LogP contribution in [0.3, 0.4) is 0 Å². The number of methoxy groups -OCH3 is 1. The quantitative estimate of drug-likeness (QED) is 0.331. The van der Waals surface area contributed by atoms with Crippen molar-refractivity contribution in [2.45, 2.75) is 31.0 Å². The number of amides is 5. The second kappa shape index (κ2) is 12.2. The molecule has 0 spiro atoms. The first-order valence-electron chi connectivity index (χ1n) is 12.5. The van der Waals surface area contributed by atoms with Crippen LogP contribution in [0, 0.1) is 0 Å². The number of aryl methyl sites for hydroxylation is 1. The van der Waals surface area contributed by atoms with E-state index in [2.05, 4.69) is 16.0 Å². The van der Waals surface area contributed by atoms with Gasteiger partial charge in [-0.2, -0.15) is 0 Å². The number of urea groups is 1. The maximum Gasteiger partial charge on any atom is 0.319 e. The smallest absolute Gasteiger partial charge is 0.319 e. The predicted molar refractivity (Wildman–Crippen MR) is 145 cm³/mol. The summed E-state index contributed by atoms with van der Waals surface area (Å²) in [6.07, 6.45) is 2.26. The molecule has 3 unspecified atom stereocenters. The topological polar surface area (TPSA) is 148 Å². The second-order valence-corrected chi connectivity index (χ2v) is 9.33. The summed E-state index contributed by atoms with van der Waals surface area (Å²) in [5.74, 6) is -1.08. The molecule has 3 atom stereocenters. The minimum absolute atomic E-state index is 0.189. The van der Waals surface area contributed by atoms with Crippen LogP contribution in [0.5, 0.6) is 5.75 Å². The lowest BCUT2D eigenvalue weighted by atomic mass is 10.0. The highest BCUT2D eigenvalue weighted by atomic mass is 16.5. The fourth-order valence-corrected chi connectivity index (χ4v) is 4.69. The lowest BCUT2D eigenvalue weighted by Gasteiger charge is -2.29. The number of nitrogens with two attached hydrogens (primary N) is 1. The van der Waals surface area contributed by atoms with E-state index in [4.69, 9.17) is 10.5 Å². The van der Waals surface area contributed by atoms with Crippen molar-refractivity contribution in [1.82, 2.24) is 20.1 Å². The summed E-state index contributed by atoms with van der Waals surface area (Å²) in [5.41, 5.74) is 7.33. The maximum atomic E-state index is 13.6. The highest BCUT2D eigenvalue weighted by Gasteiger charge is 2.44. The van der Waals surface area contributed by atoms with Crippen molar-refractivity contribution in [2.24, 2.45) is 12.8 Å². The van der Waals surface area contributed by atoms with Crippen molar-refractivity contribution in [1.29, 1.82) is 0 Å². The maximum absolute atomic E-state index is 13.6. The summed E-state index contributed by atoms with van der Waals surface area (Å²) in [7, 11) is 3.26. The minimum atomic E-state index is -1.07. The molecule has 0 saturated carbocycles. The molecule has 11 heteroatoms. The Morgan fingerprint density at radius 2 is 1.82 bits per heavy atom. The van der Waals surface area contributed by atoms with E-state index in [-0.39, 0.29) is 18.9 Å². The summed E-state index contributed by atoms with van der Waals surface area (Å²) >= 11 is 0. The number of nitrogens with zero attached hydrogens (tertiary/aromatic N) is 2. The number of carbonyl (C=O) groups excluding carboxylic acids is 4. The van der Waals surface area contributed by atoms with Gasteiger partial charge in [0.25, 0.3) is 5.91 Å². The molecule has 1 aliphatic rings. The first-order chi connectivity index (χ1) is 18.8. The zero-order valence-electron chi connectivity index (χ0n) is 21.8. The van der Waals surface area contributed by atoms with Crippen molar-refractivity contribution >= 4 is 29.4 Å². The van der Waals surface area contributed by atoms with E-state index in [1.165, 1.54) is 12.0 Å². The van der Waals surface area contributed by atoms with Gasteiger partial charge in [-0.15, -0.1) is 0 Å². The summed E-state index contributed by atoms with van der Waals surface area (Å²) in [5, 5.41) is 8.27. The molecule has 5 N–H and O–H groups in total. The summed E-state index contributed by atoms with van der Waals surface area (Å²) in [6, 6.07) is 16.1. The Kier molecular flexibility index (Phi) is 8.50. The van der Waals surface area contributed by atoms with Gasteiger partial charge in [-0.25, -0.2) is 4.79 Å². The molecule has 0 bridgehead atoms. The van der Waals surface area contributed by atoms with Crippen LogP contribution < -0.4 is 26.4 Å². The number of primary amides is 1. The number of hydrogen-bond donors (Lipinski definition) is 4. The molecule has 204 valence electrons. The Labute approximate surface area is 226 Å². The van der Waals surface area contributed by atoms with Gasteiger partial charge in [0.15, 0.2) is 0 Å². The minimum Gasteiger partial charge on any atom is -0.497 e. The van der Waals surface area contributed by atoms with Crippen LogP contribution in [0.25, 0.3) is 0 Å². The molecule has 1 fully saturated rings. The zero-order valence-corrected chi connectivity index (χ0v) is 21.8. The molecule has 11 nitrogen and oxygen atoms in total. The SMILES string of the molecule is COc1cccc(NC(=O)NC2CCN(C(=O)c3cccn3C)C2C(=O)NC(Cc2ccccc2)C(N)=O)c1. The number of nitrogens with one attached hydrogen (secondary N) is 3. The second-order valence-electron chi connectivity index (χ2n) is 9.33. The van der Waals surface area contributed by atoms with Crippen LogP contribution in [-0.2, 0) is 23.1 Å². The van der Waals surface area contributed by atoms with Gasteiger partial charge < -0.3 is 35.9 Å². The molecule has 2 aromatic carbocycles. The van der Waals surface area contributed by atoms with Crippen molar-refractivity contribution < 1.29 is 23.9 Å². The van der Waals surface area contributed by atoms with Gasteiger partial charge in [0, 0.05) is 38.0 Å². The third-order valence-corrected chi connectivity index (χ3v) is 6.68. The third-order valence-electron chi connectivity index (χ3n) is 6.68. The fraction of sp³-hybridized carbons (Fsp3) is 0.286. The summed E-state index contributed by atoms with van der Waals surface area (Å²) in [6.45, 7) is 0.228. The van der Waals surface area contributed by atoms with Gasteiger partial charge in [0.05, 0.1) is 13.2 Å². The van der Waals surface area contributed by atoms with E-state index in [0.29, 0.717) is 23.6 Å². The Morgan fingerprint density at radius 3 is 2.49 bits per heavy atom. The van der Waals surface area contributed by atoms with Crippen LogP contribution in [0.15, 0.2) is 72.9 Å². The Balaban J connectivity index is 1.54. The lowest BCUT2D eigenvalue weighted by molar-refractivity contribution is -0.130. The lowest BCUT2D eigenvalue weighted by Crippen LogP contribution is -2.58. The van der Waals surface area contributed by atoms with Gasteiger partial charge >= 0.3 is 6.03 Å².